The monoisotopic (exact) mass is 184 g/mol. The van der Waals surface area contributed by atoms with E-state index < -0.39 is 0 Å². The summed E-state index contributed by atoms with van der Waals surface area (Å²) in [5.41, 5.74) is 0. The second-order valence-electron chi connectivity index (χ2n) is 3.75. The molecule has 1 rings (SSSR count). The third-order valence-corrected chi connectivity index (χ3v) is 2.33. The van der Waals surface area contributed by atoms with E-state index in [9.17, 15) is 9.59 Å². The summed E-state index contributed by atoms with van der Waals surface area (Å²) in [5, 5.41) is 0. The van der Waals surface area contributed by atoms with Crippen LogP contribution < -0.4 is 0 Å². The van der Waals surface area contributed by atoms with Crippen LogP contribution in [0.5, 0.6) is 0 Å². The molecule has 2 atom stereocenters. The summed E-state index contributed by atoms with van der Waals surface area (Å²) in [5.74, 6) is 0.345. The Morgan fingerprint density at radius 2 is 2.38 bits per heavy atom. The van der Waals surface area contributed by atoms with E-state index in [2.05, 4.69) is 6.92 Å². The lowest BCUT2D eigenvalue weighted by molar-refractivity contribution is -0.156. The molecule has 0 spiro atoms. The van der Waals surface area contributed by atoms with Gasteiger partial charge in [0.25, 0.3) is 0 Å². The summed E-state index contributed by atoms with van der Waals surface area (Å²) in [6.45, 7) is 2.06. The Hall–Kier alpha value is -0.860. The van der Waals surface area contributed by atoms with Gasteiger partial charge in [-0.3, -0.25) is 4.79 Å². The first-order valence-corrected chi connectivity index (χ1v) is 4.85. The van der Waals surface area contributed by atoms with Gasteiger partial charge in [-0.25, -0.2) is 0 Å². The van der Waals surface area contributed by atoms with Crippen molar-refractivity contribution >= 4 is 12.3 Å². The van der Waals surface area contributed by atoms with Crippen LogP contribution in [0.3, 0.4) is 0 Å². The third-order valence-electron chi connectivity index (χ3n) is 2.33. The normalized spacial score (nSPS) is 28.2. The number of rotatable bonds is 4. The molecule has 0 N–H and O–H groups in total. The van der Waals surface area contributed by atoms with Crippen molar-refractivity contribution in [3.05, 3.63) is 0 Å². The number of unbranched alkanes of at least 4 members (excludes halogenated alkanes) is 1. The maximum atomic E-state index is 11.0. The van der Waals surface area contributed by atoms with Crippen molar-refractivity contribution in [3.8, 4) is 0 Å². The fourth-order valence-electron chi connectivity index (χ4n) is 1.70. The molecule has 1 saturated heterocycles. The van der Waals surface area contributed by atoms with Crippen LogP contribution in [0.4, 0.5) is 0 Å². The minimum atomic E-state index is -0.0881. The lowest BCUT2D eigenvalue weighted by atomic mass is 9.94. The van der Waals surface area contributed by atoms with E-state index in [1.807, 2.05) is 0 Å². The molecule has 13 heavy (non-hydrogen) atoms. The molecule has 3 heteroatoms. The SMILES string of the molecule is C[C@@H]1CC(=O)O[C@@H](CCCC=O)C1. The van der Waals surface area contributed by atoms with E-state index >= 15 is 0 Å². The fourth-order valence-corrected chi connectivity index (χ4v) is 1.70. The predicted molar refractivity (Wildman–Crippen MR) is 48.2 cm³/mol. The molecule has 1 fully saturated rings. The van der Waals surface area contributed by atoms with Crippen molar-refractivity contribution in [3.63, 3.8) is 0 Å². The molecule has 3 nitrogen and oxygen atoms in total. The Morgan fingerprint density at radius 1 is 1.62 bits per heavy atom. The van der Waals surface area contributed by atoms with Crippen molar-refractivity contribution in [2.75, 3.05) is 0 Å². The lowest BCUT2D eigenvalue weighted by Gasteiger charge is -2.26. The second kappa shape index (κ2) is 5.00. The molecule has 1 aliphatic rings. The minimum absolute atomic E-state index is 0.0520. The smallest absolute Gasteiger partial charge is 0.306 e. The summed E-state index contributed by atoms with van der Waals surface area (Å²) in [6.07, 6.45) is 4.69. The highest BCUT2D eigenvalue weighted by Crippen LogP contribution is 2.23. The van der Waals surface area contributed by atoms with Gasteiger partial charge >= 0.3 is 5.97 Å². The summed E-state index contributed by atoms with van der Waals surface area (Å²) in [4.78, 5) is 21.1. The van der Waals surface area contributed by atoms with E-state index in [1.54, 1.807) is 0 Å². The lowest BCUT2D eigenvalue weighted by Crippen LogP contribution is -2.28. The molecule has 0 amide bonds. The van der Waals surface area contributed by atoms with Gasteiger partial charge in [0.05, 0.1) is 0 Å². The van der Waals surface area contributed by atoms with Crippen LogP contribution in [-0.2, 0) is 14.3 Å². The number of cyclic esters (lactones) is 1. The zero-order valence-corrected chi connectivity index (χ0v) is 7.99. The Kier molecular flexibility index (Phi) is 3.93. The zero-order valence-electron chi connectivity index (χ0n) is 7.99. The maximum absolute atomic E-state index is 11.0. The molecule has 0 aromatic heterocycles. The van der Waals surface area contributed by atoms with Crippen molar-refractivity contribution in [1.29, 1.82) is 0 Å². The van der Waals surface area contributed by atoms with Gasteiger partial charge in [0.2, 0.25) is 0 Å². The standard InChI is InChI=1S/C10H16O3/c1-8-6-9(4-2-3-5-11)13-10(12)7-8/h5,8-9H,2-4,6-7H2,1H3/t8-,9-/m0/s1. The van der Waals surface area contributed by atoms with Crippen molar-refractivity contribution in [2.45, 2.75) is 45.1 Å². The first-order chi connectivity index (χ1) is 6.22. The Labute approximate surface area is 78.5 Å². The average Bonchev–Trinajstić information content (AvgIpc) is 2.03. The summed E-state index contributed by atoms with van der Waals surface area (Å²) >= 11 is 0. The van der Waals surface area contributed by atoms with Gasteiger partial charge in [-0.1, -0.05) is 6.92 Å². The van der Waals surface area contributed by atoms with E-state index in [1.165, 1.54) is 0 Å². The summed E-state index contributed by atoms with van der Waals surface area (Å²) in [7, 11) is 0. The zero-order chi connectivity index (χ0) is 9.68. The number of hydrogen-bond donors (Lipinski definition) is 0. The van der Waals surface area contributed by atoms with Crippen LogP contribution in [0.25, 0.3) is 0 Å². The van der Waals surface area contributed by atoms with Crippen LogP contribution in [0.1, 0.15) is 39.0 Å². The molecule has 0 saturated carbocycles. The van der Waals surface area contributed by atoms with Crippen LogP contribution in [-0.4, -0.2) is 18.4 Å². The highest BCUT2D eigenvalue weighted by atomic mass is 16.5. The molecule has 0 aromatic carbocycles. The van der Waals surface area contributed by atoms with Crippen molar-refractivity contribution in [1.82, 2.24) is 0 Å². The van der Waals surface area contributed by atoms with Gasteiger partial charge in [-0.2, -0.15) is 0 Å². The molecule has 74 valence electrons. The van der Waals surface area contributed by atoms with Crippen molar-refractivity contribution < 1.29 is 14.3 Å². The second-order valence-corrected chi connectivity index (χ2v) is 3.75. The largest absolute Gasteiger partial charge is 0.462 e. The average molecular weight is 184 g/mol. The Morgan fingerprint density at radius 3 is 3.00 bits per heavy atom. The Bertz CT molecular complexity index is 189. The first-order valence-electron chi connectivity index (χ1n) is 4.85. The predicted octanol–water partition coefficient (Wildman–Crippen LogP) is 1.70. The number of carbonyl (C=O) groups excluding carboxylic acids is 2. The minimum Gasteiger partial charge on any atom is -0.462 e. The highest BCUT2D eigenvalue weighted by Gasteiger charge is 2.24. The number of aldehydes is 1. The topological polar surface area (TPSA) is 43.4 Å². The van der Waals surface area contributed by atoms with E-state index in [0.29, 0.717) is 18.8 Å². The van der Waals surface area contributed by atoms with E-state index in [4.69, 9.17) is 4.74 Å². The number of hydrogen-bond acceptors (Lipinski definition) is 3. The molecule has 0 unspecified atom stereocenters. The van der Waals surface area contributed by atoms with Gasteiger partial charge in [0.15, 0.2) is 0 Å². The first kappa shape index (κ1) is 10.2. The molecule has 0 radical (unpaired) electrons. The van der Waals surface area contributed by atoms with Gasteiger partial charge < -0.3 is 9.53 Å². The van der Waals surface area contributed by atoms with Gasteiger partial charge in [-0.05, 0) is 25.2 Å². The molecule has 1 aliphatic heterocycles. The fraction of sp³-hybridized carbons (Fsp3) is 0.800. The van der Waals surface area contributed by atoms with Crippen LogP contribution in [0.2, 0.25) is 0 Å². The summed E-state index contributed by atoms with van der Waals surface area (Å²) in [6, 6.07) is 0. The molecular formula is C10H16O3. The maximum Gasteiger partial charge on any atom is 0.306 e. The van der Waals surface area contributed by atoms with Gasteiger partial charge in [0, 0.05) is 12.8 Å². The quantitative estimate of drug-likeness (QED) is 0.379. The molecule has 1 heterocycles. The Balaban J connectivity index is 2.24. The number of carbonyl (C=O) groups is 2. The molecule has 0 bridgehead atoms. The van der Waals surface area contributed by atoms with E-state index in [-0.39, 0.29) is 12.1 Å². The summed E-state index contributed by atoms with van der Waals surface area (Å²) < 4.78 is 5.15. The number of esters is 1. The van der Waals surface area contributed by atoms with E-state index in [0.717, 1.165) is 25.5 Å². The van der Waals surface area contributed by atoms with Crippen LogP contribution >= 0.6 is 0 Å². The third kappa shape index (κ3) is 3.57. The van der Waals surface area contributed by atoms with Crippen molar-refractivity contribution in [2.24, 2.45) is 5.92 Å². The number of ether oxygens (including phenoxy) is 1. The van der Waals surface area contributed by atoms with Crippen LogP contribution in [0, 0.1) is 5.92 Å². The molecule has 0 aromatic rings. The van der Waals surface area contributed by atoms with Gasteiger partial charge in [0.1, 0.15) is 12.4 Å². The van der Waals surface area contributed by atoms with Gasteiger partial charge in [-0.15, -0.1) is 0 Å². The van der Waals surface area contributed by atoms with Crippen LogP contribution in [0.15, 0.2) is 0 Å². The molecule has 0 aliphatic carbocycles. The molecular weight excluding hydrogens is 168 g/mol. The highest BCUT2D eigenvalue weighted by molar-refractivity contribution is 5.70.